The molecule has 0 bridgehead atoms. The largest absolute Gasteiger partial charge is 0.272 e. The van der Waals surface area contributed by atoms with Crippen LogP contribution in [0.2, 0.25) is 0 Å². The van der Waals surface area contributed by atoms with Crippen molar-refractivity contribution in [3.8, 4) is 0 Å². The molecule has 0 saturated heterocycles. The van der Waals surface area contributed by atoms with Crippen molar-refractivity contribution in [1.29, 1.82) is 0 Å². The summed E-state index contributed by atoms with van der Waals surface area (Å²) < 4.78 is 26.8. The molecular weight excluding hydrogens is 294 g/mol. The van der Waals surface area contributed by atoms with Crippen molar-refractivity contribution in [3.63, 3.8) is 0 Å². The van der Waals surface area contributed by atoms with E-state index < -0.39 is 15.9 Å². The summed E-state index contributed by atoms with van der Waals surface area (Å²) in [5, 5.41) is 7.05. The summed E-state index contributed by atoms with van der Waals surface area (Å²) >= 11 is 0. The van der Waals surface area contributed by atoms with Crippen LogP contribution in [0.3, 0.4) is 0 Å². The summed E-state index contributed by atoms with van der Waals surface area (Å²) in [6, 6.07) is 6.44. The van der Waals surface area contributed by atoms with Crippen LogP contribution in [-0.4, -0.2) is 47.1 Å². The summed E-state index contributed by atoms with van der Waals surface area (Å²) in [4.78, 5) is 11.9. The highest BCUT2D eigenvalue weighted by Crippen LogP contribution is 2.14. The van der Waals surface area contributed by atoms with Crippen molar-refractivity contribution in [3.05, 3.63) is 42.5 Å². The predicted molar refractivity (Wildman–Crippen MR) is 75.4 cm³/mol. The summed E-state index contributed by atoms with van der Waals surface area (Å²) in [6.07, 6.45) is 2.60. The summed E-state index contributed by atoms with van der Waals surface area (Å²) in [5.74, 6) is -0.493. The molecule has 9 heteroatoms. The van der Waals surface area contributed by atoms with Crippen molar-refractivity contribution in [2.75, 3.05) is 19.0 Å². The van der Waals surface area contributed by atoms with Gasteiger partial charge in [0.05, 0.1) is 11.4 Å². The Morgan fingerprint density at radius 3 is 2.38 bits per heavy atom. The molecule has 0 fully saturated rings. The minimum absolute atomic E-state index is 0.146. The van der Waals surface area contributed by atoms with Gasteiger partial charge in [0.25, 0.3) is 5.91 Å². The molecule has 112 valence electrons. The summed E-state index contributed by atoms with van der Waals surface area (Å²) in [5.41, 5.74) is 3.39. The molecule has 1 aromatic heterocycles. The summed E-state index contributed by atoms with van der Waals surface area (Å²) in [7, 11) is -2.35. The summed E-state index contributed by atoms with van der Waals surface area (Å²) in [6.45, 7) is 1.56. The van der Waals surface area contributed by atoms with Crippen LogP contribution in [0.5, 0.6) is 0 Å². The Balaban J connectivity index is 2.06. The van der Waals surface area contributed by atoms with Crippen molar-refractivity contribution in [1.82, 2.24) is 19.2 Å². The second-order valence-corrected chi connectivity index (χ2v) is 6.52. The van der Waals surface area contributed by atoms with Gasteiger partial charge < -0.3 is 0 Å². The Morgan fingerprint density at radius 2 is 1.81 bits per heavy atom. The van der Waals surface area contributed by atoms with E-state index in [0.717, 1.165) is 9.87 Å². The van der Waals surface area contributed by atoms with E-state index in [-0.39, 0.29) is 11.4 Å². The molecule has 1 aromatic carbocycles. The molecule has 2 rings (SSSR count). The fraction of sp³-hybridized carbons (Fsp3) is 0.250. The van der Waals surface area contributed by atoms with Crippen molar-refractivity contribution >= 4 is 15.9 Å². The minimum Gasteiger partial charge on any atom is -0.272 e. The number of aromatic nitrogens is 3. The Labute approximate surface area is 122 Å². The second-order valence-electron chi connectivity index (χ2n) is 4.48. The van der Waals surface area contributed by atoms with Crippen LogP contribution in [0.1, 0.15) is 5.56 Å². The lowest BCUT2D eigenvalue weighted by atomic mass is 10.2. The third-order valence-corrected chi connectivity index (χ3v) is 4.59. The molecule has 1 amide bonds. The molecule has 2 aromatic rings. The fourth-order valence-corrected chi connectivity index (χ4v) is 2.74. The van der Waals surface area contributed by atoms with Gasteiger partial charge in [0, 0.05) is 7.05 Å². The molecule has 0 spiro atoms. The van der Waals surface area contributed by atoms with Gasteiger partial charge in [0.2, 0.25) is 10.0 Å². The van der Waals surface area contributed by atoms with Gasteiger partial charge in [-0.15, -0.1) is 10.2 Å². The van der Waals surface area contributed by atoms with E-state index in [0.29, 0.717) is 0 Å². The standard InChI is InChI=1S/C12H15N5O3S/c1-10-3-5-11(6-4-10)21(19,20)16(2)7-12(18)15-17-8-13-14-9-17/h3-6,8-9H,7H2,1-2H3,(H,15,18). The number of carbonyl (C=O) groups excluding carboxylic acids is 1. The quantitative estimate of drug-likeness (QED) is 0.837. The lowest BCUT2D eigenvalue weighted by Crippen LogP contribution is -2.37. The third kappa shape index (κ3) is 3.64. The van der Waals surface area contributed by atoms with E-state index in [4.69, 9.17) is 0 Å². The van der Waals surface area contributed by atoms with Gasteiger partial charge in [-0.1, -0.05) is 17.7 Å². The number of nitrogens with zero attached hydrogens (tertiary/aromatic N) is 4. The molecule has 0 aliphatic heterocycles. The SMILES string of the molecule is Cc1ccc(S(=O)(=O)N(C)CC(=O)Nn2cnnc2)cc1. The number of hydrogen-bond acceptors (Lipinski definition) is 5. The molecule has 0 saturated carbocycles. The van der Waals surface area contributed by atoms with E-state index in [1.807, 2.05) is 6.92 Å². The molecular formula is C12H15N5O3S. The zero-order valence-electron chi connectivity index (χ0n) is 11.6. The Bertz CT molecular complexity index is 710. The lowest BCUT2D eigenvalue weighted by Gasteiger charge is -2.17. The van der Waals surface area contributed by atoms with Crippen LogP contribution in [0.15, 0.2) is 41.8 Å². The molecule has 8 nitrogen and oxygen atoms in total. The number of sulfonamides is 1. The predicted octanol–water partition coefficient (Wildman–Crippen LogP) is -0.0227. The molecule has 0 radical (unpaired) electrons. The van der Waals surface area contributed by atoms with Gasteiger partial charge in [0.15, 0.2) is 0 Å². The first kappa shape index (κ1) is 15.1. The van der Waals surface area contributed by atoms with E-state index in [2.05, 4.69) is 15.6 Å². The molecule has 0 aliphatic carbocycles. The van der Waals surface area contributed by atoms with Crippen molar-refractivity contribution in [2.24, 2.45) is 0 Å². The second kappa shape index (κ2) is 6.02. The van der Waals surface area contributed by atoms with Gasteiger partial charge >= 0.3 is 0 Å². The maximum absolute atomic E-state index is 12.3. The number of likely N-dealkylation sites (N-methyl/N-ethyl adjacent to an activating group) is 1. The highest BCUT2D eigenvalue weighted by atomic mass is 32.2. The fourth-order valence-electron chi connectivity index (χ4n) is 1.62. The number of benzene rings is 1. The zero-order valence-corrected chi connectivity index (χ0v) is 12.4. The maximum Gasteiger partial charge on any atom is 0.254 e. The Morgan fingerprint density at radius 1 is 1.24 bits per heavy atom. The Hall–Kier alpha value is -2.26. The van der Waals surface area contributed by atoms with E-state index in [9.17, 15) is 13.2 Å². The lowest BCUT2D eigenvalue weighted by molar-refractivity contribution is -0.117. The van der Waals surface area contributed by atoms with Gasteiger partial charge in [-0.2, -0.15) is 4.31 Å². The van der Waals surface area contributed by atoms with Crippen LogP contribution in [0.4, 0.5) is 0 Å². The number of amides is 1. The van der Waals surface area contributed by atoms with E-state index >= 15 is 0 Å². The maximum atomic E-state index is 12.3. The van der Waals surface area contributed by atoms with Gasteiger partial charge in [-0.05, 0) is 19.1 Å². The average molecular weight is 309 g/mol. The minimum atomic E-state index is -3.70. The van der Waals surface area contributed by atoms with Crippen LogP contribution in [0, 0.1) is 6.92 Å². The third-order valence-electron chi connectivity index (χ3n) is 2.77. The number of nitrogens with one attached hydrogen (secondary N) is 1. The van der Waals surface area contributed by atoms with Crippen LogP contribution < -0.4 is 5.43 Å². The first-order valence-electron chi connectivity index (χ1n) is 6.07. The monoisotopic (exact) mass is 309 g/mol. The Kier molecular flexibility index (Phi) is 4.34. The highest BCUT2D eigenvalue weighted by molar-refractivity contribution is 7.89. The molecule has 21 heavy (non-hydrogen) atoms. The van der Waals surface area contributed by atoms with Crippen molar-refractivity contribution < 1.29 is 13.2 Å². The first-order chi connectivity index (χ1) is 9.89. The van der Waals surface area contributed by atoms with Gasteiger partial charge in [0.1, 0.15) is 12.7 Å². The average Bonchev–Trinajstić information content (AvgIpc) is 2.91. The van der Waals surface area contributed by atoms with E-state index in [1.54, 1.807) is 12.1 Å². The number of hydrogen-bond donors (Lipinski definition) is 1. The number of rotatable bonds is 5. The molecule has 0 unspecified atom stereocenters. The van der Waals surface area contributed by atoms with Crippen LogP contribution in [0.25, 0.3) is 0 Å². The number of carbonyl (C=O) groups is 1. The molecule has 0 atom stereocenters. The highest BCUT2D eigenvalue weighted by Gasteiger charge is 2.22. The zero-order chi connectivity index (χ0) is 15.5. The van der Waals surface area contributed by atoms with Crippen LogP contribution >= 0.6 is 0 Å². The molecule has 1 N–H and O–H groups in total. The topological polar surface area (TPSA) is 97.2 Å². The van der Waals surface area contributed by atoms with E-state index in [1.165, 1.54) is 36.5 Å². The normalized spacial score (nSPS) is 11.6. The molecule has 1 heterocycles. The van der Waals surface area contributed by atoms with Crippen LogP contribution in [-0.2, 0) is 14.8 Å². The smallest absolute Gasteiger partial charge is 0.254 e. The number of aryl methyl sites for hydroxylation is 1. The van der Waals surface area contributed by atoms with Gasteiger partial charge in [-0.3, -0.25) is 10.2 Å². The molecule has 0 aliphatic rings. The first-order valence-corrected chi connectivity index (χ1v) is 7.51. The van der Waals surface area contributed by atoms with Crippen molar-refractivity contribution in [2.45, 2.75) is 11.8 Å². The van der Waals surface area contributed by atoms with Gasteiger partial charge in [-0.25, -0.2) is 13.1 Å².